The number of hydrogen-bond donors (Lipinski definition) is 3. The zero-order chi connectivity index (χ0) is 14.9. The monoisotopic (exact) mass is 432 g/mol. The summed E-state index contributed by atoms with van der Waals surface area (Å²) in [6, 6.07) is 0. The van der Waals surface area contributed by atoms with Crippen LogP contribution in [-0.2, 0) is 10.0 Å². The van der Waals surface area contributed by atoms with Crippen LogP contribution >= 0.6 is 24.0 Å². The van der Waals surface area contributed by atoms with Crippen molar-refractivity contribution in [2.45, 2.75) is 19.0 Å². The maximum Gasteiger partial charge on any atom is 0.390 e. The molecule has 0 aromatic rings. The molecule has 0 unspecified atom stereocenters. The van der Waals surface area contributed by atoms with Gasteiger partial charge in [0.15, 0.2) is 5.96 Å². The van der Waals surface area contributed by atoms with E-state index < -0.39 is 22.6 Å². The summed E-state index contributed by atoms with van der Waals surface area (Å²) in [5.74, 6) is 0.253. The first-order valence-electron chi connectivity index (χ1n) is 5.60. The van der Waals surface area contributed by atoms with Gasteiger partial charge in [-0.3, -0.25) is 4.99 Å². The molecule has 0 amide bonds. The third-order valence-electron chi connectivity index (χ3n) is 1.93. The minimum absolute atomic E-state index is 0. The van der Waals surface area contributed by atoms with Crippen molar-refractivity contribution in [3.63, 3.8) is 0 Å². The fourth-order valence-corrected chi connectivity index (χ4v) is 1.61. The highest BCUT2D eigenvalue weighted by Gasteiger charge is 2.26. The molecule has 11 heteroatoms. The van der Waals surface area contributed by atoms with Gasteiger partial charge in [0, 0.05) is 26.7 Å². The van der Waals surface area contributed by atoms with Crippen molar-refractivity contribution in [2.24, 2.45) is 4.99 Å². The Morgan fingerprint density at radius 3 is 2.15 bits per heavy atom. The topological polar surface area (TPSA) is 82.6 Å². The molecule has 0 aromatic heterocycles. The van der Waals surface area contributed by atoms with Gasteiger partial charge in [0.2, 0.25) is 10.0 Å². The number of alkyl halides is 3. The molecular formula is C9H20F3IN4O2S. The number of guanidine groups is 1. The van der Waals surface area contributed by atoms with E-state index in [1.165, 1.54) is 7.05 Å². The van der Waals surface area contributed by atoms with Gasteiger partial charge in [-0.1, -0.05) is 0 Å². The summed E-state index contributed by atoms with van der Waals surface area (Å²) >= 11 is 0. The molecule has 0 radical (unpaired) electrons. The molecule has 0 saturated carbocycles. The summed E-state index contributed by atoms with van der Waals surface area (Å²) < 4.78 is 59.5. The van der Waals surface area contributed by atoms with Crippen molar-refractivity contribution in [3.8, 4) is 0 Å². The van der Waals surface area contributed by atoms with Crippen molar-refractivity contribution < 1.29 is 21.6 Å². The summed E-state index contributed by atoms with van der Waals surface area (Å²) in [5.41, 5.74) is 0. The Morgan fingerprint density at radius 1 is 1.15 bits per heavy atom. The summed E-state index contributed by atoms with van der Waals surface area (Å²) in [6.45, 7) is 0.393. The molecule has 0 aliphatic heterocycles. The number of sulfonamides is 1. The molecule has 0 atom stereocenters. The Morgan fingerprint density at radius 2 is 1.70 bits per heavy atom. The number of hydrogen-bond acceptors (Lipinski definition) is 3. The molecule has 20 heavy (non-hydrogen) atoms. The lowest BCUT2D eigenvalue weighted by Gasteiger charge is -2.12. The van der Waals surface area contributed by atoms with E-state index in [1.807, 2.05) is 0 Å². The lowest BCUT2D eigenvalue weighted by Crippen LogP contribution is -2.40. The number of nitrogens with zero attached hydrogens (tertiary/aromatic N) is 1. The molecule has 0 aliphatic carbocycles. The normalized spacial score (nSPS) is 12.8. The van der Waals surface area contributed by atoms with E-state index in [9.17, 15) is 21.6 Å². The molecule has 0 aliphatic rings. The van der Waals surface area contributed by atoms with Gasteiger partial charge in [0.05, 0.1) is 12.7 Å². The molecule has 0 bridgehead atoms. The second-order valence-corrected chi connectivity index (χ2v) is 5.64. The summed E-state index contributed by atoms with van der Waals surface area (Å²) in [6.07, 6.45) is -3.60. The van der Waals surface area contributed by atoms with Gasteiger partial charge in [-0.15, -0.1) is 24.0 Å². The summed E-state index contributed by atoms with van der Waals surface area (Å²) in [7, 11) is -1.77. The van der Waals surface area contributed by atoms with Crippen LogP contribution in [0.5, 0.6) is 0 Å². The highest BCUT2D eigenvalue weighted by molar-refractivity contribution is 14.0. The van der Waals surface area contributed by atoms with Crippen molar-refractivity contribution in [1.29, 1.82) is 0 Å². The van der Waals surface area contributed by atoms with Gasteiger partial charge >= 0.3 is 6.18 Å². The van der Waals surface area contributed by atoms with Gasteiger partial charge in [0.25, 0.3) is 0 Å². The predicted octanol–water partition coefficient (Wildman–Crippen LogP) is 0.661. The van der Waals surface area contributed by atoms with Gasteiger partial charge in [0.1, 0.15) is 0 Å². The zero-order valence-electron chi connectivity index (χ0n) is 11.2. The van der Waals surface area contributed by atoms with Gasteiger partial charge in [-0.05, 0) is 6.42 Å². The fourth-order valence-electron chi connectivity index (χ4n) is 1.10. The highest BCUT2D eigenvalue weighted by atomic mass is 127. The largest absolute Gasteiger partial charge is 0.390 e. The zero-order valence-corrected chi connectivity index (χ0v) is 14.4. The Hall–Kier alpha value is -0.300. The number of halogens is 4. The van der Waals surface area contributed by atoms with Crippen molar-refractivity contribution in [1.82, 2.24) is 15.4 Å². The first-order chi connectivity index (χ1) is 8.64. The maximum atomic E-state index is 11.9. The van der Waals surface area contributed by atoms with E-state index in [-0.39, 0.29) is 43.0 Å². The second kappa shape index (κ2) is 10.4. The molecule has 122 valence electrons. The first kappa shape index (κ1) is 22.0. The van der Waals surface area contributed by atoms with Crippen LogP contribution in [0.2, 0.25) is 0 Å². The third-order valence-corrected chi connectivity index (χ3v) is 2.66. The Labute approximate surface area is 134 Å². The highest BCUT2D eigenvalue weighted by Crippen LogP contribution is 2.17. The quantitative estimate of drug-likeness (QED) is 0.239. The standard InChI is InChI=1S/C9H19F3N4O2S.HI/c1-13-8(15-7-4-9(10,11)12)14-5-3-6-16-19(2,17)18;/h16H,3-7H2,1-2H3,(H2,13,14,15);1H. The minimum Gasteiger partial charge on any atom is -0.356 e. The summed E-state index contributed by atoms with van der Waals surface area (Å²) in [5, 5.41) is 5.29. The molecule has 0 aromatic carbocycles. The predicted molar refractivity (Wildman–Crippen MR) is 82.9 cm³/mol. The second-order valence-electron chi connectivity index (χ2n) is 3.81. The molecule has 0 spiro atoms. The van der Waals surface area contributed by atoms with E-state index in [4.69, 9.17) is 0 Å². The molecule has 6 nitrogen and oxygen atoms in total. The Balaban J connectivity index is 0. The number of aliphatic imine (C=N–C) groups is 1. The molecule has 0 fully saturated rings. The lowest BCUT2D eigenvalue weighted by atomic mass is 10.4. The molecule has 0 rings (SSSR count). The van der Waals surface area contributed by atoms with Crippen LogP contribution in [0.3, 0.4) is 0 Å². The van der Waals surface area contributed by atoms with E-state index in [0.29, 0.717) is 13.0 Å². The maximum absolute atomic E-state index is 11.9. The van der Waals surface area contributed by atoms with Gasteiger partial charge in [-0.25, -0.2) is 13.1 Å². The smallest absolute Gasteiger partial charge is 0.356 e. The molecule has 3 N–H and O–H groups in total. The molecular weight excluding hydrogens is 412 g/mol. The van der Waals surface area contributed by atoms with Crippen LogP contribution in [0.4, 0.5) is 13.2 Å². The third kappa shape index (κ3) is 15.8. The van der Waals surface area contributed by atoms with E-state index in [1.54, 1.807) is 0 Å². The first-order valence-corrected chi connectivity index (χ1v) is 7.49. The van der Waals surface area contributed by atoms with Crippen molar-refractivity contribution in [3.05, 3.63) is 0 Å². The molecule has 0 saturated heterocycles. The number of nitrogens with one attached hydrogen (secondary N) is 3. The van der Waals surface area contributed by atoms with Gasteiger partial charge < -0.3 is 10.6 Å². The molecule has 0 heterocycles. The Kier molecular flexibility index (Phi) is 11.5. The van der Waals surface area contributed by atoms with E-state index in [2.05, 4.69) is 20.3 Å². The van der Waals surface area contributed by atoms with Crippen LogP contribution in [0, 0.1) is 0 Å². The van der Waals surface area contributed by atoms with Crippen LogP contribution in [0.15, 0.2) is 4.99 Å². The average Bonchev–Trinajstić information content (AvgIpc) is 2.23. The van der Waals surface area contributed by atoms with Crippen molar-refractivity contribution in [2.75, 3.05) is 32.9 Å². The van der Waals surface area contributed by atoms with Gasteiger partial charge in [-0.2, -0.15) is 13.2 Å². The van der Waals surface area contributed by atoms with E-state index in [0.717, 1.165) is 6.26 Å². The lowest BCUT2D eigenvalue weighted by molar-refractivity contribution is -0.132. The number of rotatable bonds is 7. The average molecular weight is 432 g/mol. The van der Waals surface area contributed by atoms with Crippen molar-refractivity contribution >= 4 is 40.0 Å². The summed E-state index contributed by atoms with van der Waals surface area (Å²) in [4.78, 5) is 3.74. The fraction of sp³-hybridized carbons (Fsp3) is 0.889. The Bertz CT molecular complexity index is 387. The van der Waals surface area contributed by atoms with Crippen LogP contribution in [-0.4, -0.2) is 53.5 Å². The SMILES string of the molecule is CN=C(NCCCNS(C)(=O)=O)NCCC(F)(F)F.I. The van der Waals surface area contributed by atoms with Crippen LogP contribution < -0.4 is 15.4 Å². The van der Waals surface area contributed by atoms with Crippen LogP contribution in [0.25, 0.3) is 0 Å². The van der Waals surface area contributed by atoms with Crippen LogP contribution in [0.1, 0.15) is 12.8 Å². The van der Waals surface area contributed by atoms with E-state index >= 15 is 0 Å². The minimum atomic E-state index is -4.20.